The van der Waals surface area contributed by atoms with Gasteiger partial charge in [0, 0.05) is 0 Å². The topological polar surface area (TPSA) is 254 Å². The molecule has 7 atom stereocenters. The van der Waals surface area contributed by atoms with E-state index in [0.717, 1.165) is 0 Å². The highest BCUT2D eigenvalue weighted by Gasteiger charge is 2.34. The number of hydrogen-bond acceptors (Lipinski definition) is 12. The first-order valence-corrected chi connectivity index (χ1v) is 6.65. The summed E-state index contributed by atoms with van der Waals surface area (Å²) < 4.78 is 0. The minimum absolute atomic E-state index is 0.0809. The van der Waals surface area contributed by atoms with E-state index in [4.69, 9.17) is 51.1 Å². The number of aliphatic hydroxyl groups is 9. The molecule has 0 aliphatic rings. The normalized spacial score (nSPS) is 19.2. The number of carboxylic acid groups (broad SMARTS) is 1. The van der Waals surface area contributed by atoms with Gasteiger partial charge < -0.3 is 55.9 Å². The molecule has 0 aromatic carbocycles. The molecular weight excluding hydrogens is 352 g/mol. The number of aliphatic hydroxyl groups excluding tert-OH is 9. The van der Waals surface area contributed by atoms with Crippen LogP contribution in [-0.2, 0) is 14.4 Å². The summed E-state index contributed by atoms with van der Waals surface area (Å²) in [5.74, 6) is -2.76. The number of ketones is 1. The lowest BCUT2D eigenvalue weighted by Crippen LogP contribution is -2.48. The highest BCUT2D eigenvalue weighted by atomic mass is 16.4. The van der Waals surface area contributed by atoms with Crippen molar-refractivity contribution in [3.8, 4) is 0 Å². The van der Waals surface area contributed by atoms with E-state index < -0.39 is 67.7 Å². The lowest BCUT2D eigenvalue weighted by Gasteiger charge is -2.21. The van der Waals surface area contributed by atoms with Gasteiger partial charge in [0.05, 0.1) is 6.61 Å². The van der Waals surface area contributed by atoms with Crippen LogP contribution in [0.15, 0.2) is 0 Å². The van der Waals surface area contributed by atoms with Gasteiger partial charge in [-0.05, 0) is 0 Å². The van der Waals surface area contributed by atoms with E-state index in [1.54, 1.807) is 0 Å². The zero-order valence-electron chi connectivity index (χ0n) is 12.7. The Labute approximate surface area is 140 Å². The monoisotopic (exact) mass is 374 g/mol. The predicted molar refractivity (Wildman–Crippen MR) is 74.9 cm³/mol. The molecular formula is C12H22O13. The van der Waals surface area contributed by atoms with Gasteiger partial charge in [0.15, 0.2) is 18.2 Å². The first kappa shape index (κ1) is 25.7. The quantitative estimate of drug-likeness (QED) is 0.160. The molecule has 10 N–H and O–H groups in total. The average Bonchev–Trinajstić information content (AvgIpc) is 2.62. The van der Waals surface area contributed by atoms with Crippen LogP contribution in [0.3, 0.4) is 0 Å². The summed E-state index contributed by atoms with van der Waals surface area (Å²) >= 11 is 0. The molecule has 0 fully saturated rings. The fraction of sp³-hybridized carbons (Fsp3) is 0.750. The van der Waals surface area contributed by atoms with Crippen molar-refractivity contribution in [2.75, 3.05) is 13.2 Å². The summed E-state index contributed by atoms with van der Waals surface area (Å²) in [5.41, 5.74) is 0. The van der Waals surface area contributed by atoms with Crippen LogP contribution < -0.4 is 0 Å². The van der Waals surface area contributed by atoms with Crippen LogP contribution in [0.4, 0.5) is 0 Å². The minimum atomic E-state index is -2.25. The first-order chi connectivity index (χ1) is 11.5. The van der Waals surface area contributed by atoms with Gasteiger partial charge in [-0.25, -0.2) is 4.79 Å². The first-order valence-electron chi connectivity index (χ1n) is 6.65. The summed E-state index contributed by atoms with van der Waals surface area (Å²) in [6.45, 7) is -1.69. The Hall–Kier alpha value is -1.55. The molecule has 0 saturated heterocycles. The van der Waals surface area contributed by atoms with E-state index in [9.17, 15) is 14.4 Å². The van der Waals surface area contributed by atoms with Crippen LogP contribution >= 0.6 is 0 Å². The van der Waals surface area contributed by atoms with Crippen LogP contribution in [-0.4, -0.2) is 125 Å². The molecule has 0 saturated carbocycles. The molecule has 13 nitrogen and oxygen atoms in total. The molecule has 0 amide bonds. The molecule has 0 aromatic heterocycles. The van der Waals surface area contributed by atoms with Crippen molar-refractivity contribution in [3.63, 3.8) is 0 Å². The Kier molecular flexibility index (Phi) is 13.1. The molecule has 0 aliphatic carbocycles. The number of carboxylic acids is 1. The summed E-state index contributed by atoms with van der Waals surface area (Å²) in [5, 5.41) is 86.3. The van der Waals surface area contributed by atoms with Crippen molar-refractivity contribution in [3.05, 3.63) is 0 Å². The maximum absolute atomic E-state index is 10.5. The van der Waals surface area contributed by atoms with Crippen molar-refractivity contribution in [1.82, 2.24) is 0 Å². The lowest BCUT2D eigenvalue weighted by molar-refractivity contribution is -0.163. The molecule has 0 spiro atoms. The van der Waals surface area contributed by atoms with Crippen LogP contribution in [0, 0.1) is 0 Å². The molecule has 0 aliphatic heterocycles. The van der Waals surface area contributed by atoms with Crippen LogP contribution in [0.2, 0.25) is 0 Å². The third kappa shape index (κ3) is 8.92. The number of carbonyl (C=O) groups is 3. The molecule has 0 radical (unpaired) electrons. The van der Waals surface area contributed by atoms with E-state index in [2.05, 4.69) is 0 Å². The smallest absolute Gasteiger partial charge is 0.335 e. The molecule has 13 heteroatoms. The van der Waals surface area contributed by atoms with Crippen LogP contribution in [0.1, 0.15) is 0 Å². The standard InChI is InChI=1S/C6H10O7.C6H12O6/c7-1-2(8)3(9)4(10)5(11)6(12)13;7-1-3(9)5(11)6(12)4(10)2-8/h1-5,8-11H,(H,12,13);3,5-9,11-12H,1-2H2/t2-,3+,4-,5-;3-,5-,6-/m01/s1. The second-order valence-corrected chi connectivity index (χ2v) is 4.70. The molecule has 0 aromatic rings. The molecule has 0 rings (SSSR count). The Bertz CT molecular complexity index is 414. The lowest BCUT2D eigenvalue weighted by atomic mass is 10.0. The second-order valence-electron chi connectivity index (χ2n) is 4.70. The Morgan fingerprint density at radius 3 is 1.60 bits per heavy atom. The maximum atomic E-state index is 10.5. The van der Waals surface area contributed by atoms with Crippen molar-refractivity contribution < 1.29 is 65.4 Å². The van der Waals surface area contributed by atoms with Gasteiger partial charge >= 0.3 is 5.97 Å². The van der Waals surface area contributed by atoms with Crippen molar-refractivity contribution in [2.45, 2.75) is 42.7 Å². The highest BCUT2D eigenvalue weighted by molar-refractivity contribution is 5.84. The van der Waals surface area contributed by atoms with Gasteiger partial charge in [0.2, 0.25) is 0 Å². The molecule has 148 valence electrons. The van der Waals surface area contributed by atoms with E-state index in [1.807, 2.05) is 0 Å². The van der Waals surface area contributed by atoms with E-state index in [1.165, 1.54) is 0 Å². The number of aliphatic carboxylic acids is 1. The Morgan fingerprint density at radius 2 is 1.28 bits per heavy atom. The summed E-state index contributed by atoms with van der Waals surface area (Å²) in [6, 6.07) is 0. The van der Waals surface area contributed by atoms with E-state index >= 15 is 0 Å². The SMILES string of the molecule is O=C(CO)[C@@H](O)[C@H](O)[C@H](O)CO.O=C[C@H](O)[C@@H](O)[C@H](O)[C@H](O)C(=O)O. The predicted octanol–water partition coefficient (Wildman–Crippen LogP) is -6.66. The molecule has 25 heavy (non-hydrogen) atoms. The number of aldehydes is 1. The second kappa shape index (κ2) is 12.8. The van der Waals surface area contributed by atoms with Crippen molar-refractivity contribution in [1.29, 1.82) is 0 Å². The number of carbonyl (C=O) groups excluding carboxylic acids is 2. The fourth-order valence-electron chi connectivity index (χ4n) is 1.22. The van der Waals surface area contributed by atoms with Gasteiger partial charge in [0.25, 0.3) is 0 Å². The Balaban J connectivity index is 0. The van der Waals surface area contributed by atoms with Crippen molar-refractivity contribution >= 4 is 18.0 Å². The number of hydrogen-bond donors (Lipinski definition) is 10. The van der Waals surface area contributed by atoms with Gasteiger partial charge in [-0.1, -0.05) is 0 Å². The van der Waals surface area contributed by atoms with Crippen LogP contribution in [0.5, 0.6) is 0 Å². The van der Waals surface area contributed by atoms with Gasteiger partial charge in [-0.2, -0.15) is 0 Å². The fourth-order valence-corrected chi connectivity index (χ4v) is 1.22. The van der Waals surface area contributed by atoms with Crippen molar-refractivity contribution in [2.24, 2.45) is 0 Å². The molecule has 0 bridgehead atoms. The summed E-state index contributed by atoms with van der Waals surface area (Å²) in [7, 11) is 0. The molecule has 0 heterocycles. The van der Waals surface area contributed by atoms with Crippen LogP contribution in [0.25, 0.3) is 0 Å². The zero-order chi connectivity index (χ0) is 20.3. The maximum Gasteiger partial charge on any atom is 0.335 e. The van der Waals surface area contributed by atoms with Gasteiger partial charge in [-0.3, -0.25) is 4.79 Å². The van der Waals surface area contributed by atoms with Gasteiger partial charge in [-0.15, -0.1) is 0 Å². The number of Topliss-reactive ketones (excluding diaryl/α,β-unsaturated/α-hetero) is 1. The van der Waals surface area contributed by atoms with E-state index in [-0.39, 0.29) is 6.29 Å². The summed E-state index contributed by atoms with van der Waals surface area (Å²) in [4.78, 5) is 30.5. The van der Waals surface area contributed by atoms with Gasteiger partial charge in [0.1, 0.15) is 43.2 Å². The summed E-state index contributed by atoms with van der Waals surface area (Å²) in [6.07, 6.45) is -13.6. The minimum Gasteiger partial charge on any atom is -0.479 e. The highest BCUT2D eigenvalue weighted by Crippen LogP contribution is 2.04. The third-order valence-electron chi connectivity index (χ3n) is 2.81. The Morgan fingerprint density at radius 1 is 0.800 bits per heavy atom. The largest absolute Gasteiger partial charge is 0.479 e. The third-order valence-corrected chi connectivity index (χ3v) is 2.81. The van der Waals surface area contributed by atoms with E-state index in [0.29, 0.717) is 0 Å². The zero-order valence-corrected chi connectivity index (χ0v) is 12.7. The average molecular weight is 374 g/mol. The molecule has 0 unspecified atom stereocenters. The number of rotatable bonds is 10.